The van der Waals surface area contributed by atoms with E-state index in [-0.39, 0.29) is 0 Å². The van der Waals surface area contributed by atoms with Gasteiger partial charge in [0, 0.05) is 0 Å². The minimum atomic E-state index is 1.35. The van der Waals surface area contributed by atoms with E-state index in [4.69, 9.17) is 0 Å². The highest BCUT2D eigenvalue weighted by Crippen LogP contribution is 2.16. The molecule has 1 atom stereocenters. The standard InChI is InChI=1S/C26H56N/c1-5-8-11-13-15-17-19-21-23-26-27(4,24-10-7-3)25-22-20-18-16-14-12-9-6-2/h5-26H2,1-4H3/q+1. The van der Waals surface area contributed by atoms with E-state index in [1.54, 1.807) is 0 Å². The van der Waals surface area contributed by atoms with Crippen molar-refractivity contribution < 1.29 is 4.48 Å². The summed E-state index contributed by atoms with van der Waals surface area (Å²) in [5.74, 6) is 0. The van der Waals surface area contributed by atoms with E-state index < -0.39 is 0 Å². The zero-order valence-electron chi connectivity index (χ0n) is 20.0. The molecule has 0 fully saturated rings. The van der Waals surface area contributed by atoms with E-state index in [0.717, 1.165) is 0 Å². The molecular weight excluding hydrogens is 326 g/mol. The van der Waals surface area contributed by atoms with Crippen LogP contribution in [0.2, 0.25) is 0 Å². The molecule has 0 aliphatic rings. The number of hydrogen-bond acceptors (Lipinski definition) is 0. The molecule has 0 aromatic carbocycles. The molecule has 0 heterocycles. The van der Waals surface area contributed by atoms with Crippen LogP contribution in [0.3, 0.4) is 0 Å². The van der Waals surface area contributed by atoms with Crippen LogP contribution in [0.5, 0.6) is 0 Å². The van der Waals surface area contributed by atoms with E-state index in [0.29, 0.717) is 0 Å². The predicted molar refractivity (Wildman–Crippen MR) is 126 cm³/mol. The summed E-state index contributed by atoms with van der Waals surface area (Å²) in [6.45, 7) is 11.2. The van der Waals surface area contributed by atoms with E-state index in [2.05, 4.69) is 27.8 Å². The molecule has 0 aromatic heterocycles. The first kappa shape index (κ1) is 27.0. The van der Waals surface area contributed by atoms with Crippen LogP contribution in [0.25, 0.3) is 0 Å². The summed E-state index contributed by atoms with van der Waals surface area (Å²) >= 11 is 0. The predicted octanol–water partition coefficient (Wildman–Crippen LogP) is 8.90. The summed E-state index contributed by atoms with van der Waals surface area (Å²) in [6.07, 6.45) is 27.4. The summed E-state index contributed by atoms with van der Waals surface area (Å²) < 4.78 is 1.35. The fraction of sp³-hybridized carbons (Fsp3) is 1.00. The largest absolute Gasteiger partial charge is 0.326 e. The van der Waals surface area contributed by atoms with Crippen LogP contribution < -0.4 is 0 Å². The third kappa shape index (κ3) is 19.1. The lowest BCUT2D eigenvalue weighted by Crippen LogP contribution is -2.46. The van der Waals surface area contributed by atoms with E-state index >= 15 is 0 Å². The van der Waals surface area contributed by atoms with Crippen LogP contribution in [-0.2, 0) is 0 Å². The van der Waals surface area contributed by atoms with Gasteiger partial charge in [0.15, 0.2) is 0 Å². The normalized spacial score (nSPS) is 13.8. The van der Waals surface area contributed by atoms with E-state index in [1.165, 1.54) is 146 Å². The summed E-state index contributed by atoms with van der Waals surface area (Å²) in [5, 5.41) is 0. The Balaban J connectivity index is 3.76. The van der Waals surface area contributed by atoms with Crippen LogP contribution in [-0.4, -0.2) is 31.2 Å². The smallest absolute Gasteiger partial charge is 0.0784 e. The van der Waals surface area contributed by atoms with E-state index in [9.17, 15) is 0 Å². The molecule has 0 saturated heterocycles. The van der Waals surface area contributed by atoms with Crippen molar-refractivity contribution in [3.05, 3.63) is 0 Å². The Hall–Kier alpha value is -0.0400. The number of hydrogen-bond donors (Lipinski definition) is 0. The van der Waals surface area contributed by atoms with Gasteiger partial charge in [0.1, 0.15) is 0 Å². The highest BCUT2D eigenvalue weighted by atomic mass is 15.3. The van der Waals surface area contributed by atoms with Gasteiger partial charge in [-0.3, -0.25) is 0 Å². The van der Waals surface area contributed by atoms with Crippen molar-refractivity contribution in [3.8, 4) is 0 Å². The van der Waals surface area contributed by atoms with Crippen LogP contribution in [0.1, 0.15) is 143 Å². The zero-order valence-corrected chi connectivity index (χ0v) is 20.0. The van der Waals surface area contributed by atoms with Crippen molar-refractivity contribution in [1.82, 2.24) is 0 Å². The maximum absolute atomic E-state index is 2.54. The highest BCUT2D eigenvalue weighted by molar-refractivity contribution is 4.51. The Kier molecular flexibility index (Phi) is 20.7. The SMILES string of the molecule is CCCCCCCCCCC[N+](C)(CCCC)CCCCCCCCCC. The monoisotopic (exact) mass is 382 g/mol. The minimum absolute atomic E-state index is 1.35. The van der Waals surface area contributed by atoms with Gasteiger partial charge in [-0.1, -0.05) is 111 Å². The van der Waals surface area contributed by atoms with Gasteiger partial charge >= 0.3 is 0 Å². The molecular formula is C26H56N+. The van der Waals surface area contributed by atoms with Gasteiger partial charge in [0.2, 0.25) is 0 Å². The topological polar surface area (TPSA) is 0 Å². The molecule has 0 radical (unpaired) electrons. The average molecular weight is 383 g/mol. The third-order valence-corrected chi connectivity index (χ3v) is 6.40. The lowest BCUT2D eigenvalue weighted by atomic mass is 10.1. The van der Waals surface area contributed by atoms with Crippen LogP contribution in [0.4, 0.5) is 0 Å². The van der Waals surface area contributed by atoms with Crippen molar-refractivity contribution >= 4 is 0 Å². The maximum Gasteiger partial charge on any atom is 0.0784 e. The number of quaternary nitrogens is 1. The summed E-state index contributed by atoms with van der Waals surface area (Å²) in [7, 11) is 2.54. The number of rotatable bonds is 22. The lowest BCUT2D eigenvalue weighted by Gasteiger charge is -2.35. The van der Waals surface area contributed by atoms with E-state index in [1.807, 2.05) is 0 Å². The molecule has 1 unspecified atom stereocenters. The average Bonchev–Trinajstić information content (AvgIpc) is 2.67. The van der Waals surface area contributed by atoms with Crippen LogP contribution in [0, 0.1) is 0 Å². The second-order valence-electron chi connectivity index (χ2n) is 9.45. The van der Waals surface area contributed by atoms with Gasteiger partial charge in [-0.05, 0) is 32.1 Å². The van der Waals surface area contributed by atoms with Crippen molar-refractivity contribution in [3.63, 3.8) is 0 Å². The van der Waals surface area contributed by atoms with Crippen molar-refractivity contribution in [2.75, 3.05) is 26.7 Å². The first-order valence-corrected chi connectivity index (χ1v) is 13.0. The molecule has 0 saturated carbocycles. The fourth-order valence-electron chi connectivity index (χ4n) is 4.31. The summed E-state index contributed by atoms with van der Waals surface area (Å²) in [4.78, 5) is 0. The second kappa shape index (κ2) is 20.7. The molecule has 0 bridgehead atoms. The van der Waals surface area contributed by atoms with Crippen molar-refractivity contribution in [1.29, 1.82) is 0 Å². The number of nitrogens with zero attached hydrogens (tertiary/aromatic N) is 1. The quantitative estimate of drug-likeness (QED) is 0.129. The Labute approximate surface area is 174 Å². The molecule has 0 aliphatic heterocycles. The van der Waals surface area contributed by atoms with Crippen LogP contribution >= 0.6 is 0 Å². The summed E-state index contributed by atoms with van der Waals surface area (Å²) in [6, 6.07) is 0. The molecule has 0 aromatic rings. The van der Waals surface area contributed by atoms with Gasteiger partial charge in [-0.15, -0.1) is 0 Å². The van der Waals surface area contributed by atoms with Gasteiger partial charge in [-0.2, -0.15) is 0 Å². The molecule has 0 amide bonds. The first-order valence-electron chi connectivity index (χ1n) is 13.0. The lowest BCUT2D eigenvalue weighted by molar-refractivity contribution is -0.910. The van der Waals surface area contributed by atoms with Crippen molar-refractivity contribution in [2.45, 2.75) is 143 Å². The molecule has 0 spiro atoms. The van der Waals surface area contributed by atoms with Gasteiger partial charge in [-0.25, -0.2) is 0 Å². The molecule has 27 heavy (non-hydrogen) atoms. The Bertz CT molecular complexity index is 275. The van der Waals surface area contributed by atoms with Crippen molar-refractivity contribution in [2.24, 2.45) is 0 Å². The first-order chi connectivity index (χ1) is 13.2. The summed E-state index contributed by atoms with van der Waals surface area (Å²) in [5.41, 5.74) is 0. The zero-order chi connectivity index (χ0) is 20.1. The van der Waals surface area contributed by atoms with Gasteiger partial charge in [0.05, 0.1) is 26.7 Å². The molecule has 0 aliphatic carbocycles. The fourth-order valence-corrected chi connectivity index (χ4v) is 4.31. The molecule has 1 heteroatoms. The maximum atomic E-state index is 2.54. The molecule has 164 valence electrons. The Morgan fingerprint density at radius 2 is 0.593 bits per heavy atom. The molecule has 0 N–H and O–H groups in total. The Morgan fingerprint density at radius 3 is 0.926 bits per heavy atom. The van der Waals surface area contributed by atoms with Crippen LogP contribution in [0.15, 0.2) is 0 Å². The third-order valence-electron chi connectivity index (χ3n) is 6.40. The Morgan fingerprint density at radius 1 is 0.333 bits per heavy atom. The minimum Gasteiger partial charge on any atom is -0.326 e. The molecule has 1 nitrogen and oxygen atoms in total. The number of unbranched alkanes of at least 4 members (excludes halogenated alkanes) is 16. The second-order valence-corrected chi connectivity index (χ2v) is 9.45. The molecule has 0 rings (SSSR count). The highest BCUT2D eigenvalue weighted by Gasteiger charge is 2.19. The van der Waals surface area contributed by atoms with Gasteiger partial charge in [0.25, 0.3) is 0 Å². The van der Waals surface area contributed by atoms with Gasteiger partial charge < -0.3 is 4.48 Å².